The van der Waals surface area contributed by atoms with Gasteiger partial charge in [0.25, 0.3) is 0 Å². The Morgan fingerprint density at radius 3 is 2.39 bits per heavy atom. The van der Waals surface area contributed by atoms with Gasteiger partial charge in [0.05, 0.1) is 19.3 Å². The van der Waals surface area contributed by atoms with Crippen LogP contribution in [0.5, 0.6) is 0 Å². The van der Waals surface area contributed by atoms with E-state index >= 15 is 0 Å². The van der Waals surface area contributed by atoms with Crippen LogP contribution in [-0.2, 0) is 11.3 Å². The highest BCUT2D eigenvalue weighted by Gasteiger charge is 2.34. The summed E-state index contributed by atoms with van der Waals surface area (Å²) in [7, 11) is 0. The summed E-state index contributed by atoms with van der Waals surface area (Å²) in [5.41, 5.74) is 1.34. The highest BCUT2D eigenvalue weighted by Crippen LogP contribution is 2.24. The molecule has 6 heteroatoms. The number of aliphatic hydroxyl groups is 1. The molecule has 0 bridgehead atoms. The highest BCUT2D eigenvalue weighted by atomic mass is 16.5. The van der Waals surface area contributed by atoms with Gasteiger partial charge in [0.15, 0.2) is 0 Å². The number of urea groups is 1. The number of hydrogen-bond acceptors (Lipinski definition) is 4. The van der Waals surface area contributed by atoms with Crippen molar-refractivity contribution in [1.82, 2.24) is 15.1 Å². The van der Waals surface area contributed by atoms with E-state index in [1.807, 2.05) is 4.90 Å². The van der Waals surface area contributed by atoms with E-state index in [1.54, 1.807) is 0 Å². The van der Waals surface area contributed by atoms with E-state index in [0.29, 0.717) is 18.4 Å². The van der Waals surface area contributed by atoms with Crippen LogP contribution >= 0.6 is 0 Å². The number of ether oxygens (including phenoxy) is 1. The van der Waals surface area contributed by atoms with Gasteiger partial charge in [-0.25, -0.2) is 4.79 Å². The summed E-state index contributed by atoms with van der Waals surface area (Å²) in [6.45, 7) is 9.34. The van der Waals surface area contributed by atoms with Crippen LogP contribution < -0.4 is 5.32 Å². The van der Waals surface area contributed by atoms with Crippen LogP contribution in [0.15, 0.2) is 30.3 Å². The van der Waals surface area contributed by atoms with Gasteiger partial charge in [-0.1, -0.05) is 44.2 Å². The Hall–Kier alpha value is -1.63. The van der Waals surface area contributed by atoms with E-state index < -0.39 is 0 Å². The lowest BCUT2D eigenvalue weighted by Crippen LogP contribution is -2.57. The second-order valence-electron chi connectivity index (χ2n) is 8.39. The molecule has 2 heterocycles. The van der Waals surface area contributed by atoms with Crippen LogP contribution in [0.25, 0.3) is 0 Å². The average Bonchev–Trinajstić information content (AvgIpc) is 2.70. The zero-order valence-electron chi connectivity index (χ0n) is 17.2. The molecule has 28 heavy (non-hydrogen) atoms. The number of carbonyl (C=O) groups excluding carboxylic acids is 1. The number of aliphatic hydroxyl groups excluding tert-OH is 1. The smallest absolute Gasteiger partial charge is 0.317 e. The fourth-order valence-corrected chi connectivity index (χ4v) is 4.61. The first-order chi connectivity index (χ1) is 13.6. The van der Waals surface area contributed by atoms with E-state index in [1.165, 1.54) is 5.56 Å². The monoisotopic (exact) mass is 389 g/mol. The Morgan fingerprint density at radius 1 is 1.14 bits per heavy atom. The van der Waals surface area contributed by atoms with Gasteiger partial charge in [0.1, 0.15) is 0 Å². The number of benzene rings is 1. The van der Waals surface area contributed by atoms with Crippen LogP contribution in [-0.4, -0.2) is 72.5 Å². The molecule has 0 saturated carbocycles. The number of likely N-dealkylation sites (tertiary alicyclic amines) is 2. The molecular formula is C22H35N3O3. The molecule has 2 aliphatic heterocycles. The van der Waals surface area contributed by atoms with Gasteiger partial charge >= 0.3 is 6.03 Å². The van der Waals surface area contributed by atoms with Crippen molar-refractivity contribution in [3.63, 3.8) is 0 Å². The fourth-order valence-electron chi connectivity index (χ4n) is 4.61. The molecule has 2 N–H and O–H groups in total. The maximum absolute atomic E-state index is 12.8. The van der Waals surface area contributed by atoms with Gasteiger partial charge < -0.3 is 20.1 Å². The third-order valence-electron chi connectivity index (χ3n) is 6.03. The Bertz CT molecular complexity index is 592. The highest BCUT2D eigenvalue weighted by molar-refractivity contribution is 5.74. The Kier molecular flexibility index (Phi) is 7.71. The predicted molar refractivity (Wildman–Crippen MR) is 110 cm³/mol. The number of nitrogens with one attached hydrogen (secondary N) is 1. The lowest BCUT2D eigenvalue weighted by Gasteiger charge is -2.43. The Labute approximate surface area is 168 Å². The van der Waals surface area contributed by atoms with E-state index in [0.717, 1.165) is 45.6 Å². The first-order valence-corrected chi connectivity index (χ1v) is 10.6. The van der Waals surface area contributed by atoms with E-state index in [2.05, 4.69) is 54.4 Å². The van der Waals surface area contributed by atoms with Crippen molar-refractivity contribution in [2.24, 2.45) is 11.8 Å². The molecule has 6 nitrogen and oxygen atoms in total. The number of amides is 2. The molecule has 0 radical (unpaired) electrons. The van der Waals surface area contributed by atoms with Crippen molar-refractivity contribution in [2.45, 2.75) is 45.4 Å². The summed E-state index contributed by atoms with van der Waals surface area (Å²) in [6.07, 6.45) is 1.84. The van der Waals surface area contributed by atoms with Gasteiger partial charge in [-0.15, -0.1) is 0 Å². The SMILES string of the molecule is CC1CN(Cc2ccccc2)CC(C)C1NC(=O)N1CCC(OCCO)CC1. The zero-order chi connectivity index (χ0) is 19.9. The zero-order valence-corrected chi connectivity index (χ0v) is 17.2. The molecule has 0 aliphatic carbocycles. The summed E-state index contributed by atoms with van der Waals surface area (Å²) in [6, 6.07) is 10.9. The van der Waals surface area contributed by atoms with E-state index in [-0.39, 0.29) is 24.8 Å². The van der Waals surface area contributed by atoms with Crippen LogP contribution in [0, 0.1) is 11.8 Å². The number of nitrogens with zero attached hydrogens (tertiary/aromatic N) is 2. The summed E-state index contributed by atoms with van der Waals surface area (Å²) < 4.78 is 5.59. The quantitative estimate of drug-likeness (QED) is 0.784. The topological polar surface area (TPSA) is 65.0 Å². The minimum Gasteiger partial charge on any atom is -0.394 e. The van der Waals surface area contributed by atoms with Crippen LogP contribution in [0.4, 0.5) is 4.79 Å². The minimum atomic E-state index is 0.0550. The maximum atomic E-state index is 12.8. The standard InChI is InChI=1S/C22H35N3O3/c1-17-14-24(16-19-6-4-3-5-7-19)15-18(2)21(17)23-22(27)25-10-8-20(9-11-25)28-13-12-26/h3-7,17-18,20-21,26H,8-16H2,1-2H3,(H,23,27). The Morgan fingerprint density at radius 2 is 1.79 bits per heavy atom. The first kappa shape index (κ1) is 21.1. The van der Waals surface area contributed by atoms with Crippen molar-refractivity contribution in [3.8, 4) is 0 Å². The number of carbonyl (C=O) groups is 1. The Balaban J connectivity index is 1.46. The summed E-state index contributed by atoms with van der Waals surface area (Å²) in [4.78, 5) is 17.2. The molecule has 1 aromatic rings. The fraction of sp³-hybridized carbons (Fsp3) is 0.682. The molecule has 3 rings (SSSR count). The van der Waals surface area contributed by atoms with Crippen molar-refractivity contribution in [3.05, 3.63) is 35.9 Å². The number of hydrogen-bond donors (Lipinski definition) is 2. The van der Waals surface area contributed by atoms with Gasteiger partial charge in [0.2, 0.25) is 0 Å². The molecule has 2 aliphatic rings. The van der Waals surface area contributed by atoms with Crippen molar-refractivity contribution in [1.29, 1.82) is 0 Å². The van der Waals surface area contributed by atoms with Gasteiger partial charge in [-0.2, -0.15) is 0 Å². The lowest BCUT2D eigenvalue weighted by molar-refractivity contribution is -0.00246. The normalized spacial score (nSPS) is 27.0. The largest absolute Gasteiger partial charge is 0.394 e. The molecule has 156 valence electrons. The average molecular weight is 390 g/mol. The molecule has 2 amide bonds. The van der Waals surface area contributed by atoms with Crippen LogP contribution in [0.1, 0.15) is 32.3 Å². The van der Waals surface area contributed by atoms with Crippen molar-refractivity contribution in [2.75, 3.05) is 39.4 Å². The van der Waals surface area contributed by atoms with Gasteiger partial charge in [-0.05, 0) is 30.2 Å². The third kappa shape index (κ3) is 5.69. The first-order valence-electron chi connectivity index (χ1n) is 10.6. The number of piperidine rings is 2. The second-order valence-corrected chi connectivity index (χ2v) is 8.39. The lowest BCUT2D eigenvalue weighted by atomic mass is 9.85. The summed E-state index contributed by atoms with van der Waals surface area (Å²) >= 11 is 0. The summed E-state index contributed by atoms with van der Waals surface area (Å²) in [5, 5.41) is 12.2. The third-order valence-corrected chi connectivity index (χ3v) is 6.03. The molecule has 0 spiro atoms. The molecule has 2 atom stereocenters. The van der Waals surface area contributed by atoms with Gasteiger partial charge in [0, 0.05) is 38.8 Å². The van der Waals surface area contributed by atoms with Crippen LogP contribution in [0.3, 0.4) is 0 Å². The van der Waals surface area contributed by atoms with Crippen LogP contribution in [0.2, 0.25) is 0 Å². The molecule has 1 aromatic carbocycles. The maximum Gasteiger partial charge on any atom is 0.317 e. The number of rotatable bonds is 6. The van der Waals surface area contributed by atoms with Gasteiger partial charge in [-0.3, -0.25) is 4.90 Å². The summed E-state index contributed by atoms with van der Waals surface area (Å²) in [5.74, 6) is 0.837. The predicted octanol–water partition coefficient (Wildman–Crippen LogP) is 2.33. The molecule has 2 saturated heterocycles. The minimum absolute atomic E-state index is 0.0550. The second kappa shape index (κ2) is 10.2. The van der Waals surface area contributed by atoms with Crippen molar-refractivity contribution >= 4 is 6.03 Å². The molecule has 2 fully saturated rings. The van der Waals surface area contributed by atoms with Crippen molar-refractivity contribution < 1.29 is 14.6 Å². The van der Waals surface area contributed by atoms with E-state index in [9.17, 15) is 4.79 Å². The molecule has 0 aromatic heterocycles. The molecule has 2 unspecified atom stereocenters. The molecular weight excluding hydrogens is 354 g/mol. The van der Waals surface area contributed by atoms with E-state index in [4.69, 9.17) is 9.84 Å².